The zero-order valence-electron chi connectivity index (χ0n) is 10.3. The molecule has 1 aromatic rings. The third-order valence-corrected chi connectivity index (χ3v) is 3.10. The zero-order chi connectivity index (χ0) is 14.5. The number of carbonyl (C=O) groups is 1. The maximum atomic E-state index is 10.7. The lowest BCUT2D eigenvalue weighted by Gasteiger charge is -2.32. The van der Waals surface area contributed by atoms with E-state index in [1.54, 1.807) is 0 Å². The van der Waals surface area contributed by atoms with E-state index >= 15 is 0 Å². The predicted octanol–water partition coefficient (Wildman–Crippen LogP) is 0.839. The molecule has 1 saturated heterocycles. The first-order chi connectivity index (χ1) is 9.60. The second-order valence-corrected chi connectivity index (χ2v) is 4.53. The minimum absolute atomic E-state index is 0.00676. The molecule has 1 aliphatic heterocycles. The van der Waals surface area contributed by atoms with Crippen LogP contribution in [-0.2, 0) is 4.74 Å². The first-order valence-corrected chi connectivity index (χ1v) is 6.24. The molecule has 0 radical (unpaired) electrons. The Balaban J connectivity index is 2.08. The van der Waals surface area contributed by atoms with Gasteiger partial charge in [-0.25, -0.2) is 14.8 Å². The highest BCUT2D eigenvalue weighted by Crippen LogP contribution is 2.17. The van der Waals surface area contributed by atoms with E-state index in [0.717, 1.165) is 0 Å². The van der Waals surface area contributed by atoms with Gasteiger partial charge in [-0.05, 0) is 6.42 Å². The number of rotatable bonds is 3. The van der Waals surface area contributed by atoms with Gasteiger partial charge in [0.25, 0.3) is 0 Å². The Bertz CT molecular complexity index is 547. The largest absolute Gasteiger partial charge is 0.465 e. The minimum Gasteiger partial charge on any atom is -0.465 e. The summed E-state index contributed by atoms with van der Waals surface area (Å²) in [6, 6.07) is 1.24. The van der Waals surface area contributed by atoms with E-state index in [0.29, 0.717) is 18.8 Å². The van der Waals surface area contributed by atoms with Crippen molar-refractivity contribution in [2.45, 2.75) is 18.5 Å². The molecule has 20 heavy (non-hydrogen) atoms. The van der Waals surface area contributed by atoms with Crippen molar-refractivity contribution in [1.29, 1.82) is 5.26 Å². The van der Waals surface area contributed by atoms with Crippen molar-refractivity contribution >= 4 is 23.5 Å². The zero-order valence-corrected chi connectivity index (χ0v) is 11.1. The summed E-state index contributed by atoms with van der Waals surface area (Å²) in [5.74, 6) is 0.387. The highest BCUT2D eigenvalue weighted by Gasteiger charge is 2.27. The molecule has 2 heterocycles. The van der Waals surface area contributed by atoms with Gasteiger partial charge in [0, 0.05) is 6.61 Å². The van der Waals surface area contributed by atoms with Crippen molar-refractivity contribution in [3.05, 3.63) is 17.0 Å². The average Bonchev–Trinajstić information content (AvgIpc) is 2.41. The summed E-state index contributed by atoms with van der Waals surface area (Å²) in [5.41, 5.74) is 0.0457. The lowest BCUT2D eigenvalue weighted by molar-refractivity contribution is 0.0625. The Hall–Kier alpha value is -2.11. The molecule has 3 N–H and O–H groups in total. The standard InChI is InChI=1S/C11H12ClN5O3/c12-10-7(3-13)14-4-9(17-10)15-6-1-2-20-5-8(6)16-11(18)19/h4,6,8,16H,1-2,5H2,(H,15,17)(H,18,19)/t6-,8+/m1/s1. The van der Waals surface area contributed by atoms with Crippen LogP contribution in [0.5, 0.6) is 0 Å². The molecule has 2 atom stereocenters. The number of nitrogens with one attached hydrogen (secondary N) is 2. The smallest absolute Gasteiger partial charge is 0.405 e. The molecule has 106 valence electrons. The average molecular weight is 298 g/mol. The second-order valence-electron chi connectivity index (χ2n) is 4.18. The molecule has 1 aromatic heterocycles. The molecule has 2 rings (SSSR count). The summed E-state index contributed by atoms with van der Waals surface area (Å²) in [4.78, 5) is 18.6. The van der Waals surface area contributed by atoms with Gasteiger partial charge in [0.05, 0.1) is 24.9 Å². The fourth-order valence-electron chi connectivity index (χ4n) is 1.91. The van der Waals surface area contributed by atoms with Crippen molar-refractivity contribution in [3.8, 4) is 6.07 Å². The summed E-state index contributed by atoms with van der Waals surface area (Å²) in [7, 11) is 0. The Morgan fingerprint density at radius 3 is 3.05 bits per heavy atom. The van der Waals surface area contributed by atoms with Crippen molar-refractivity contribution < 1.29 is 14.6 Å². The molecule has 1 amide bonds. The van der Waals surface area contributed by atoms with Crippen molar-refractivity contribution in [2.24, 2.45) is 0 Å². The maximum Gasteiger partial charge on any atom is 0.405 e. The van der Waals surface area contributed by atoms with Gasteiger partial charge in [-0.15, -0.1) is 0 Å². The summed E-state index contributed by atoms with van der Waals surface area (Å²) in [6.45, 7) is 0.800. The highest BCUT2D eigenvalue weighted by molar-refractivity contribution is 6.30. The number of nitriles is 1. The van der Waals surface area contributed by atoms with Gasteiger partial charge in [0.2, 0.25) is 0 Å². The summed E-state index contributed by atoms with van der Waals surface area (Å²) >= 11 is 5.80. The van der Waals surface area contributed by atoms with Crippen LogP contribution in [0.3, 0.4) is 0 Å². The van der Waals surface area contributed by atoms with E-state index in [9.17, 15) is 4.79 Å². The van der Waals surface area contributed by atoms with E-state index in [1.165, 1.54) is 6.20 Å². The molecular weight excluding hydrogens is 286 g/mol. The fourth-order valence-corrected chi connectivity index (χ4v) is 2.09. The number of carboxylic acid groups (broad SMARTS) is 1. The molecule has 0 spiro atoms. The molecule has 0 unspecified atom stereocenters. The van der Waals surface area contributed by atoms with E-state index in [1.807, 2.05) is 6.07 Å². The van der Waals surface area contributed by atoms with E-state index < -0.39 is 12.1 Å². The highest BCUT2D eigenvalue weighted by atomic mass is 35.5. The lowest BCUT2D eigenvalue weighted by Crippen LogP contribution is -2.52. The summed E-state index contributed by atoms with van der Waals surface area (Å²) in [6.07, 6.45) is 0.887. The van der Waals surface area contributed by atoms with Crippen LogP contribution < -0.4 is 10.6 Å². The summed E-state index contributed by atoms with van der Waals surface area (Å²) in [5, 5.41) is 23.0. The number of anilines is 1. The first-order valence-electron chi connectivity index (χ1n) is 5.86. The van der Waals surface area contributed by atoms with Gasteiger partial charge in [-0.2, -0.15) is 5.26 Å². The topological polar surface area (TPSA) is 120 Å². The third-order valence-electron chi connectivity index (χ3n) is 2.83. The van der Waals surface area contributed by atoms with E-state index in [4.69, 9.17) is 26.7 Å². The van der Waals surface area contributed by atoms with Crippen LogP contribution in [0.15, 0.2) is 6.20 Å². The quantitative estimate of drug-likeness (QED) is 0.756. The SMILES string of the molecule is N#Cc1ncc(N[C@@H]2CCOC[C@@H]2NC(=O)O)nc1Cl. The Morgan fingerprint density at radius 2 is 2.40 bits per heavy atom. The van der Waals surface area contributed by atoms with Crippen molar-refractivity contribution in [3.63, 3.8) is 0 Å². The van der Waals surface area contributed by atoms with Crippen LogP contribution in [-0.4, -0.2) is 46.5 Å². The molecule has 1 fully saturated rings. The number of hydrogen-bond acceptors (Lipinski definition) is 6. The van der Waals surface area contributed by atoms with E-state index in [-0.39, 0.29) is 23.5 Å². The molecular formula is C11H12ClN5O3. The maximum absolute atomic E-state index is 10.7. The van der Waals surface area contributed by atoms with Gasteiger partial charge in [-0.3, -0.25) is 0 Å². The van der Waals surface area contributed by atoms with Crippen molar-refractivity contribution in [1.82, 2.24) is 15.3 Å². The molecule has 0 aliphatic carbocycles. The number of ether oxygens (including phenoxy) is 1. The van der Waals surface area contributed by atoms with Crippen LogP contribution >= 0.6 is 11.6 Å². The Labute approximate surface area is 119 Å². The number of amides is 1. The fraction of sp³-hybridized carbons (Fsp3) is 0.455. The van der Waals surface area contributed by atoms with Crippen LogP contribution in [0.4, 0.5) is 10.6 Å². The van der Waals surface area contributed by atoms with Crippen LogP contribution in [0, 0.1) is 11.3 Å². The van der Waals surface area contributed by atoms with Gasteiger partial charge in [0.15, 0.2) is 10.8 Å². The van der Waals surface area contributed by atoms with Gasteiger partial charge >= 0.3 is 6.09 Å². The number of nitrogens with zero attached hydrogens (tertiary/aromatic N) is 3. The van der Waals surface area contributed by atoms with Crippen molar-refractivity contribution in [2.75, 3.05) is 18.5 Å². The monoisotopic (exact) mass is 297 g/mol. The van der Waals surface area contributed by atoms with Crippen LogP contribution in [0.1, 0.15) is 12.1 Å². The van der Waals surface area contributed by atoms with Crippen LogP contribution in [0.2, 0.25) is 5.15 Å². The van der Waals surface area contributed by atoms with Gasteiger partial charge in [-0.1, -0.05) is 11.6 Å². The third kappa shape index (κ3) is 3.46. The lowest BCUT2D eigenvalue weighted by atomic mass is 10.0. The normalized spacial score (nSPS) is 21.8. The van der Waals surface area contributed by atoms with Gasteiger partial charge in [0.1, 0.15) is 11.9 Å². The molecule has 0 bridgehead atoms. The molecule has 8 nitrogen and oxygen atoms in total. The summed E-state index contributed by atoms with van der Waals surface area (Å²) < 4.78 is 5.24. The molecule has 0 saturated carbocycles. The minimum atomic E-state index is -1.11. The van der Waals surface area contributed by atoms with Crippen LogP contribution in [0.25, 0.3) is 0 Å². The number of halogens is 1. The predicted molar refractivity (Wildman–Crippen MR) is 69.6 cm³/mol. The Kier molecular flexibility index (Phi) is 4.55. The first kappa shape index (κ1) is 14.3. The van der Waals surface area contributed by atoms with E-state index in [2.05, 4.69) is 20.6 Å². The number of hydrogen-bond donors (Lipinski definition) is 3. The Morgan fingerprint density at radius 1 is 1.60 bits per heavy atom. The van der Waals surface area contributed by atoms with Gasteiger partial charge < -0.3 is 20.5 Å². The molecule has 1 aliphatic rings. The molecule has 9 heteroatoms. The second kappa shape index (κ2) is 6.36. The molecule has 0 aromatic carbocycles. The number of aromatic nitrogens is 2.